The standard InChI is InChI=1S/C49H33NO2/c1-4-17-33(18-5-1)36-23-14-28-41-47(36)52-48-38(37-24-16-30-43(50-35-21-8-3-9-22-35)46(37)34-19-6-2-7-20-34)25-15-29-42(48)49(41)39-26-10-12-31-44(39)51-45-32-13-11-27-40(45)49/h1-32,50H. The van der Waals surface area contributed by atoms with E-state index in [9.17, 15) is 0 Å². The highest BCUT2D eigenvalue weighted by atomic mass is 16.5. The van der Waals surface area contributed by atoms with Gasteiger partial charge in [0.2, 0.25) is 0 Å². The van der Waals surface area contributed by atoms with Crippen LogP contribution in [0.2, 0.25) is 0 Å². The number of fused-ring (bicyclic) bond motifs is 8. The predicted molar refractivity (Wildman–Crippen MR) is 211 cm³/mol. The van der Waals surface area contributed by atoms with Crippen molar-refractivity contribution in [3.63, 3.8) is 0 Å². The van der Waals surface area contributed by atoms with Crippen molar-refractivity contribution in [3.05, 3.63) is 216 Å². The summed E-state index contributed by atoms with van der Waals surface area (Å²) in [6.45, 7) is 0. The molecule has 52 heavy (non-hydrogen) atoms. The van der Waals surface area contributed by atoms with Crippen LogP contribution in [-0.2, 0) is 5.41 Å². The maximum Gasteiger partial charge on any atom is 0.140 e. The first-order chi connectivity index (χ1) is 25.8. The van der Waals surface area contributed by atoms with Crippen molar-refractivity contribution < 1.29 is 9.47 Å². The third kappa shape index (κ3) is 4.60. The summed E-state index contributed by atoms with van der Waals surface area (Å²) in [5, 5.41) is 3.73. The van der Waals surface area contributed by atoms with Gasteiger partial charge >= 0.3 is 0 Å². The fraction of sp³-hybridized carbons (Fsp3) is 0.0204. The average Bonchev–Trinajstić information content (AvgIpc) is 3.21. The lowest BCUT2D eigenvalue weighted by Crippen LogP contribution is -2.37. The quantitative estimate of drug-likeness (QED) is 0.198. The van der Waals surface area contributed by atoms with Crippen LogP contribution >= 0.6 is 0 Å². The van der Waals surface area contributed by atoms with Crippen molar-refractivity contribution in [3.8, 4) is 56.4 Å². The summed E-state index contributed by atoms with van der Waals surface area (Å²) in [5.41, 5.74) is 12.1. The van der Waals surface area contributed by atoms with Gasteiger partial charge in [0.15, 0.2) is 0 Å². The number of anilines is 2. The topological polar surface area (TPSA) is 30.5 Å². The van der Waals surface area contributed by atoms with Gasteiger partial charge < -0.3 is 14.8 Å². The second-order valence-electron chi connectivity index (χ2n) is 13.3. The van der Waals surface area contributed by atoms with Crippen molar-refractivity contribution in [2.24, 2.45) is 0 Å². The molecule has 3 nitrogen and oxygen atoms in total. The van der Waals surface area contributed by atoms with Gasteiger partial charge in [-0.3, -0.25) is 0 Å². The molecule has 2 aliphatic heterocycles. The zero-order chi connectivity index (χ0) is 34.5. The number of rotatable bonds is 5. The Balaban J connectivity index is 1.31. The van der Waals surface area contributed by atoms with E-state index in [0.717, 1.165) is 90.0 Å². The highest BCUT2D eigenvalue weighted by Gasteiger charge is 2.51. The Hall–Kier alpha value is -6.84. The van der Waals surface area contributed by atoms with Gasteiger partial charge in [-0.25, -0.2) is 0 Å². The van der Waals surface area contributed by atoms with E-state index in [2.05, 4.69) is 193 Å². The lowest BCUT2D eigenvalue weighted by Gasteiger charge is -2.45. The molecule has 2 heterocycles. The van der Waals surface area contributed by atoms with E-state index >= 15 is 0 Å². The third-order valence-electron chi connectivity index (χ3n) is 10.4. The number of ether oxygens (including phenoxy) is 2. The van der Waals surface area contributed by atoms with Crippen LogP contribution < -0.4 is 14.8 Å². The van der Waals surface area contributed by atoms with Gasteiger partial charge in [-0.1, -0.05) is 164 Å². The Morgan fingerprint density at radius 3 is 1.48 bits per heavy atom. The molecule has 0 unspecified atom stereocenters. The molecule has 1 N–H and O–H groups in total. The Morgan fingerprint density at radius 2 is 0.827 bits per heavy atom. The molecule has 246 valence electrons. The maximum atomic E-state index is 7.39. The minimum absolute atomic E-state index is 0.720. The number of hydrogen-bond acceptors (Lipinski definition) is 3. The molecule has 0 amide bonds. The molecule has 0 radical (unpaired) electrons. The van der Waals surface area contributed by atoms with Crippen LogP contribution in [-0.4, -0.2) is 0 Å². The molecule has 0 aliphatic carbocycles. The first-order valence-electron chi connectivity index (χ1n) is 17.7. The second kappa shape index (κ2) is 12.2. The lowest BCUT2D eigenvalue weighted by molar-refractivity contribution is 0.401. The Bertz CT molecular complexity index is 2550. The van der Waals surface area contributed by atoms with Gasteiger partial charge in [-0.15, -0.1) is 0 Å². The van der Waals surface area contributed by atoms with Gasteiger partial charge in [0.1, 0.15) is 23.0 Å². The molecule has 8 aromatic carbocycles. The van der Waals surface area contributed by atoms with E-state index < -0.39 is 5.41 Å². The van der Waals surface area contributed by atoms with Crippen molar-refractivity contribution in [1.29, 1.82) is 0 Å². The van der Waals surface area contributed by atoms with Gasteiger partial charge in [0.05, 0.1) is 5.41 Å². The van der Waals surface area contributed by atoms with E-state index in [-0.39, 0.29) is 0 Å². The predicted octanol–water partition coefficient (Wildman–Crippen LogP) is 13.0. The summed E-state index contributed by atoms with van der Waals surface area (Å²) in [7, 11) is 0. The van der Waals surface area contributed by atoms with E-state index in [1.54, 1.807) is 0 Å². The maximum absolute atomic E-state index is 7.39. The summed E-state index contributed by atoms with van der Waals surface area (Å²) >= 11 is 0. The molecule has 1 spiro atoms. The van der Waals surface area contributed by atoms with Gasteiger partial charge in [0.25, 0.3) is 0 Å². The zero-order valence-corrected chi connectivity index (χ0v) is 28.3. The SMILES string of the molecule is c1ccc(Nc2cccc(-c3cccc4c3Oc3c(-c5ccccc5)cccc3C43c4ccccc4Oc4ccccc43)c2-c2ccccc2)cc1. The minimum atomic E-state index is -0.720. The minimum Gasteiger partial charge on any atom is -0.457 e. The fourth-order valence-electron chi connectivity index (χ4n) is 8.24. The Kier molecular flexibility index (Phi) is 7.04. The normalized spacial score (nSPS) is 13.1. The number of nitrogens with one attached hydrogen (secondary N) is 1. The first kappa shape index (κ1) is 30.0. The zero-order valence-electron chi connectivity index (χ0n) is 28.3. The molecule has 0 bridgehead atoms. The second-order valence-corrected chi connectivity index (χ2v) is 13.3. The molecule has 0 aromatic heterocycles. The summed E-state index contributed by atoms with van der Waals surface area (Å²) in [4.78, 5) is 0. The van der Waals surface area contributed by atoms with Crippen molar-refractivity contribution in [2.75, 3.05) is 5.32 Å². The third-order valence-corrected chi connectivity index (χ3v) is 10.4. The molecule has 0 saturated carbocycles. The summed E-state index contributed by atoms with van der Waals surface area (Å²) in [6.07, 6.45) is 0. The number of benzene rings is 8. The van der Waals surface area contributed by atoms with Crippen LogP contribution in [0.1, 0.15) is 22.3 Å². The van der Waals surface area contributed by atoms with Crippen LogP contribution in [0.3, 0.4) is 0 Å². The van der Waals surface area contributed by atoms with E-state index in [4.69, 9.17) is 9.47 Å². The van der Waals surface area contributed by atoms with Crippen LogP contribution in [0.4, 0.5) is 11.4 Å². The van der Waals surface area contributed by atoms with Crippen molar-refractivity contribution in [2.45, 2.75) is 5.41 Å². The average molecular weight is 668 g/mol. The molecular formula is C49H33NO2. The van der Waals surface area contributed by atoms with Crippen LogP contribution in [0.15, 0.2) is 194 Å². The molecule has 0 atom stereocenters. The van der Waals surface area contributed by atoms with Crippen LogP contribution in [0, 0.1) is 0 Å². The molecule has 0 saturated heterocycles. The smallest absolute Gasteiger partial charge is 0.140 e. The lowest BCUT2D eigenvalue weighted by atomic mass is 9.61. The highest BCUT2D eigenvalue weighted by Crippen LogP contribution is 2.64. The highest BCUT2D eigenvalue weighted by molar-refractivity contribution is 5.96. The molecular weight excluding hydrogens is 635 g/mol. The summed E-state index contributed by atoms with van der Waals surface area (Å²) in [6, 6.07) is 68.1. The largest absolute Gasteiger partial charge is 0.457 e. The van der Waals surface area contributed by atoms with Crippen LogP contribution in [0.25, 0.3) is 33.4 Å². The fourth-order valence-corrected chi connectivity index (χ4v) is 8.24. The van der Waals surface area contributed by atoms with Gasteiger partial charge in [-0.2, -0.15) is 0 Å². The monoisotopic (exact) mass is 667 g/mol. The molecule has 10 rings (SSSR count). The molecule has 0 fully saturated rings. The van der Waals surface area contributed by atoms with Crippen LogP contribution in [0.5, 0.6) is 23.0 Å². The number of hydrogen-bond donors (Lipinski definition) is 1. The van der Waals surface area contributed by atoms with Gasteiger partial charge in [-0.05, 0) is 47.0 Å². The molecule has 8 aromatic rings. The van der Waals surface area contributed by atoms with Crippen molar-refractivity contribution in [1.82, 2.24) is 0 Å². The molecule has 3 heteroatoms. The van der Waals surface area contributed by atoms with E-state index in [0.29, 0.717) is 0 Å². The van der Waals surface area contributed by atoms with Gasteiger partial charge in [0, 0.05) is 50.3 Å². The van der Waals surface area contributed by atoms with Crippen molar-refractivity contribution >= 4 is 11.4 Å². The Morgan fingerprint density at radius 1 is 0.346 bits per heavy atom. The van der Waals surface area contributed by atoms with E-state index in [1.165, 1.54) is 0 Å². The summed E-state index contributed by atoms with van der Waals surface area (Å²) < 4.78 is 14.1. The van der Waals surface area contributed by atoms with E-state index in [1.807, 2.05) is 6.07 Å². The summed E-state index contributed by atoms with van der Waals surface area (Å²) in [5.74, 6) is 3.36. The first-order valence-corrected chi connectivity index (χ1v) is 17.7. The molecule has 2 aliphatic rings. The number of para-hydroxylation sites is 5. The Labute approximate surface area is 303 Å².